The first kappa shape index (κ1) is 54.3. The molecule has 1 saturated carbocycles. The lowest BCUT2D eigenvalue weighted by molar-refractivity contribution is -0.159. The minimum absolute atomic E-state index is 0.0406. The molecule has 0 heterocycles. The molecule has 0 aromatic rings. The summed E-state index contributed by atoms with van der Waals surface area (Å²) in [4.78, 5) is 40.5. The molecule has 0 radical (unpaired) electrons. The number of carbonyl (C=O) groups is 3. The van der Waals surface area contributed by atoms with Gasteiger partial charge in [0, 0.05) is 19.4 Å². The molecular weight excluding hydrogens is 727 g/mol. The molecule has 0 bridgehead atoms. The smallest absolute Gasteiger partial charge is 0.314 e. The normalized spacial score (nSPS) is 14.9. The molecule has 1 aliphatic rings. The lowest BCUT2D eigenvalue weighted by atomic mass is 9.96. The summed E-state index contributed by atoms with van der Waals surface area (Å²) in [6.07, 6.45) is 34.1. The van der Waals surface area contributed by atoms with E-state index in [4.69, 9.17) is 18.9 Å². The highest BCUT2D eigenvalue weighted by molar-refractivity contribution is 5.80. The van der Waals surface area contributed by atoms with Crippen molar-refractivity contribution in [3.63, 3.8) is 0 Å². The molecule has 8 nitrogen and oxygen atoms in total. The fraction of sp³-hybridized carbons (Fsp3) is 0.940. The second-order valence-corrected chi connectivity index (χ2v) is 18.4. The van der Waals surface area contributed by atoms with Gasteiger partial charge >= 0.3 is 17.9 Å². The van der Waals surface area contributed by atoms with Gasteiger partial charge in [-0.25, -0.2) is 0 Å². The van der Waals surface area contributed by atoms with Crippen molar-refractivity contribution >= 4 is 17.9 Å². The molecule has 2 atom stereocenters. The zero-order valence-electron chi connectivity index (χ0n) is 39.2. The molecule has 1 aliphatic carbocycles. The number of hydrogen-bond acceptors (Lipinski definition) is 8. The molecule has 0 N–H and O–H groups in total. The van der Waals surface area contributed by atoms with E-state index in [1.54, 1.807) is 0 Å². The SMILES string of the molecule is CCCCCCC(CCCC)COC(=O)CCCCCCCC(CCCCCCCC(=O)OCC(CCCC)CCCCCC)OC(=O)C1(COCCN(C)C)CC1. The van der Waals surface area contributed by atoms with Crippen molar-refractivity contribution in [1.29, 1.82) is 0 Å². The van der Waals surface area contributed by atoms with E-state index < -0.39 is 5.41 Å². The number of ether oxygens (including phenoxy) is 4. The number of carbonyl (C=O) groups excluding carboxylic acids is 3. The largest absolute Gasteiger partial charge is 0.465 e. The van der Waals surface area contributed by atoms with Crippen LogP contribution >= 0.6 is 0 Å². The van der Waals surface area contributed by atoms with Crippen LogP contribution in [0.5, 0.6) is 0 Å². The number of nitrogens with zero attached hydrogens (tertiary/aromatic N) is 1. The van der Waals surface area contributed by atoms with Crippen molar-refractivity contribution in [2.24, 2.45) is 17.3 Å². The molecule has 1 fully saturated rings. The minimum atomic E-state index is -0.454. The van der Waals surface area contributed by atoms with E-state index in [1.165, 1.54) is 89.9 Å². The molecule has 0 saturated heterocycles. The average molecular weight is 822 g/mol. The minimum Gasteiger partial charge on any atom is -0.465 e. The Hall–Kier alpha value is -1.67. The summed E-state index contributed by atoms with van der Waals surface area (Å²) in [5.74, 6) is 0.857. The molecule has 0 aliphatic heterocycles. The van der Waals surface area contributed by atoms with Gasteiger partial charge in [-0.05, 0) is 103 Å². The summed E-state index contributed by atoms with van der Waals surface area (Å²) in [5.41, 5.74) is -0.454. The van der Waals surface area contributed by atoms with Crippen LogP contribution in [0, 0.1) is 17.3 Å². The summed E-state index contributed by atoms with van der Waals surface area (Å²) in [5, 5.41) is 0. The maximum Gasteiger partial charge on any atom is 0.314 e. The van der Waals surface area contributed by atoms with E-state index in [1.807, 2.05) is 14.1 Å². The third-order valence-corrected chi connectivity index (χ3v) is 12.3. The van der Waals surface area contributed by atoms with Crippen LogP contribution in [0.3, 0.4) is 0 Å². The fourth-order valence-corrected chi connectivity index (χ4v) is 7.85. The molecule has 342 valence electrons. The maximum absolute atomic E-state index is 13.4. The van der Waals surface area contributed by atoms with E-state index in [9.17, 15) is 14.4 Å². The van der Waals surface area contributed by atoms with Crippen LogP contribution in [0.15, 0.2) is 0 Å². The topological polar surface area (TPSA) is 91.4 Å². The third kappa shape index (κ3) is 30.4. The average Bonchev–Trinajstić information content (AvgIpc) is 4.01. The number of likely N-dealkylation sites (N-methyl/N-ethyl adjacent to an activating group) is 1. The second-order valence-electron chi connectivity index (χ2n) is 18.4. The van der Waals surface area contributed by atoms with Crippen molar-refractivity contribution < 1.29 is 33.3 Å². The zero-order valence-corrected chi connectivity index (χ0v) is 39.2. The molecule has 0 aromatic heterocycles. The molecule has 0 amide bonds. The van der Waals surface area contributed by atoms with Gasteiger partial charge < -0.3 is 23.8 Å². The highest BCUT2D eigenvalue weighted by Crippen LogP contribution is 2.47. The standard InChI is InChI=1S/C50H95NO7/c1-7-11-15-23-31-44(29-13-9-3)41-56-47(52)35-27-21-17-19-25-33-46(58-49(54)50(37-38-50)43-55-40-39-51(5)6)34-26-20-18-22-28-36-48(53)57-42-45(30-14-10-4)32-24-16-12-8-2/h44-46H,7-43H2,1-6H3. The van der Waals surface area contributed by atoms with Crippen LogP contribution in [0.4, 0.5) is 0 Å². The van der Waals surface area contributed by atoms with Crippen LogP contribution < -0.4 is 0 Å². The molecule has 2 unspecified atom stereocenters. The summed E-state index contributed by atoms with van der Waals surface area (Å²) in [6, 6.07) is 0. The summed E-state index contributed by atoms with van der Waals surface area (Å²) >= 11 is 0. The molecule has 58 heavy (non-hydrogen) atoms. The van der Waals surface area contributed by atoms with Crippen molar-refractivity contribution in [2.75, 3.05) is 47.1 Å². The molecule has 0 spiro atoms. The maximum atomic E-state index is 13.4. The van der Waals surface area contributed by atoms with Gasteiger partial charge in [-0.3, -0.25) is 14.4 Å². The zero-order chi connectivity index (χ0) is 42.5. The van der Waals surface area contributed by atoms with Gasteiger partial charge in [0.15, 0.2) is 0 Å². The van der Waals surface area contributed by atoms with Crippen molar-refractivity contribution in [3.05, 3.63) is 0 Å². The van der Waals surface area contributed by atoms with Crippen LogP contribution in [-0.4, -0.2) is 76.0 Å². The fourth-order valence-electron chi connectivity index (χ4n) is 7.85. The Kier molecular flexibility index (Phi) is 34.8. The highest BCUT2D eigenvalue weighted by atomic mass is 16.6. The van der Waals surface area contributed by atoms with Gasteiger partial charge in [0.1, 0.15) is 6.10 Å². The summed E-state index contributed by atoms with van der Waals surface area (Å²) < 4.78 is 23.6. The Labute approximate surface area is 358 Å². The monoisotopic (exact) mass is 822 g/mol. The Bertz CT molecular complexity index is 929. The van der Waals surface area contributed by atoms with Crippen molar-refractivity contribution in [3.8, 4) is 0 Å². The predicted molar refractivity (Wildman–Crippen MR) is 241 cm³/mol. The van der Waals surface area contributed by atoms with E-state index in [2.05, 4.69) is 32.6 Å². The van der Waals surface area contributed by atoms with E-state index in [0.717, 1.165) is 109 Å². The number of esters is 3. The second kappa shape index (κ2) is 37.1. The lowest BCUT2D eigenvalue weighted by Gasteiger charge is -2.22. The first-order valence-electron chi connectivity index (χ1n) is 24.9. The van der Waals surface area contributed by atoms with E-state index in [0.29, 0.717) is 51.1 Å². The summed E-state index contributed by atoms with van der Waals surface area (Å²) in [7, 11) is 4.05. The molecule has 8 heteroatoms. The Balaban J connectivity index is 2.42. The van der Waals surface area contributed by atoms with Gasteiger partial charge in [0.05, 0.1) is 31.8 Å². The van der Waals surface area contributed by atoms with Gasteiger partial charge in [0.25, 0.3) is 0 Å². The van der Waals surface area contributed by atoms with Gasteiger partial charge in [-0.2, -0.15) is 0 Å². The first-order chi connectivity index (χ1) is 28.2. The number of unbranched alkanes of at least 4 members (excludes halogenated alkanes) is 16. The Morgan fingerprint density at radius 1 is 0.517 bits per heavy atom. The van der Waals surface area contributed by atoms with Crippen molar-refractivity contribution in [2.45, 2.75) is 239 Å². The van der Waals surface area contributed by atoms with Crippen LogP contribution in [0.2, 0.25) is 0 Å². The highest BCUT2D eigenvalue weighted by Gasteiger charge is 2.52. The van der Waals surface area contributed by atoms with Crippen LogP contribution in [-0.2, 0) is 33.3 Å². The number of hydrogen-bond donors (Lipinski definition) is 0. The predicted octanol–water partition coefficient (Wildman–Crippen LogP) is 13.4. The number of rotatable bonds is 43. The van der Waals surface area contributed by atoms with Crippen LogP contribution in [0.25, 0.3) is 0 Å². The third-order valence-electron chi connectivity index (χ3n) is 12.3. The van der Waals surface area contributed by atoms with Gasteiger partial charge in [0.2, 0.25) is 0 Å². The van der Waals surface area contributed by atoms with E-state index >= 15 is 0 Å². The summed E-state index contributed by atoms with van der Waals surface area (Å²) in [6.45, 7) is 12.0. The van der Waals surface area contributed by atoms with Gasteiger partial charge in [-0.15, -0.1) is 0 Å². The van der Waals surface area contributed by atoms with Gasteiger partial charge in [-0.1, -0.05) is 143 Å². The quantitative estimate of drug-likeness (QED) is 0.0341. The molecule has 1 rings (SSSR count). The Morgan fingerprint density at radius 3 is 1.34 bits per heavy atom. The molecular formula is C50H95NO7. The lowest BCUT2D eigenvalue weighted by Crippen LogP contribution is -2.30. The van der Waals surface area contributed by atoms with Crippen LogP contribution in [0.1, 0.15) is 233 Å². The molecule has 0 aromatic carbocycles. The van der Waals surface area contributed by atoms with E-state index in [-0.39, 0.29) is 24.0 Å². The Morgan fingerprint density at radius 2 is 0.914 bits per heavy atom. The van der Waals surface area contributed by atoms with Crippen molar-refractivity contribution in [1.82, 2.24) is 4.90 Å². The first-order valence-corrected chi connectivity index (χ1v) is 24.9.